The van der Waals surface area contributed by atoms with Crippen molar-refractivity contribution in [3.63, 3.8) is 0 Å². The SMILES string of the molecule is CCCCCCCCCCCCCCCCCCCCCCCCCCCCCCCCCCCCCCC=CO[PH](=O)OC. The Morgan fingerprint density at radius 2 is 0.600 bits per heavy atom. The van der Waals surface area contributed by atoms with Crippen molar-refractivity contribution < 1.29 is 13.6 Å². The van der Waals surface area contributed by atoms with Crippen LogP contribution in [0.5, 0.6) is 0 Å². The molecule has 45 heavy (non-hydrogen) atoms. The third kappa shape index (κ3) is 41.7. The van der Waals surface area contributed by atoms with Crippen molar-refractivity contribution in [1.29, 1.82) is 0 Å². The van der Waals surface area contributed by atoms with E-state index in [0.29, 0.717) is 0 Å². The average molecular weight is 655 g/mol. The van der Waals surface area contributed by atoms with Gasteiger partial charge in [-0.1, -0.05) is 232 Å². The quantitative estimate of drug-likeness (QED) is 0.0375. The van der Waals surface area contributed by atoms with Gasteiger partial charge in [-0.3, -0.25) is 0 Å². The number of hydrogen-bond acceptors (Lipinski definition) is 3. The molecule has 1 atom stereocenters. The Labute approximate surface area is 285 Å². The summed E-state index contributed by atoms with van der Waals surface area (Å²) < 4.78 is 20.5. The maximum absolute atomic E-state index is 11.0. The molecule has 4 heteroatoms. The summed E-state index contributed by atoms with van der Waals surface area (Å²) in [4.78, 5) is 0. The summed E-state index contributed by atoms with van der Waals surface area (Å²) in [5, 5.41) is 0. The molecule has 0 rings (SSSR count). The van der Waals surface area contributed by atoms with Gasteiger partial charge in [0.2, 0.25) is 0 Å². The molecule has 0 spiro atoms. The van der Waals surface area contributed by atoms with E-state index in [1.54, 1.807) is 0 Å². The van der Waals surface area contributed by atoms with Crippen LogP contribution in [0, 0.1) is 0 Å². The van der Waals surface area contributed by atoms with Crippen molar-refractivity contribution in [3.8, 4) is 0 Å². The lowest BCUT2D eigenvalue weighted by Crippen LogP contribution is -1.85. The second kappa shape index (κ2) is 41.8. The lowest BCUT2D eigenvalue weighted by Gasteiger charge is -2.05. The zero-order valence-electron chi connectivity index (χ0n) is 31.0. The summed E-state index contributed by atoms with van der Waals surface area (Å²) in [7, 11) is -0.896. The topological polar surface area (TPSA) is 35.5 Å². The van der Waals surface area contributed by atoms with E-state index in [0.717, 1.165) is 6.42 Å². The highest BCUT2D eigenvalue weighted by Crippen LogP contribution is 2.22. The molecule has 0 aliphatic heterocycles. The second-order valence-corrected chi connectivity index (χ2v) is 15.3. The highest BCUT2D eigenvalue weighted by Gasteiger charge is 1.98. The van der Waals surface area contributed by atoms with Crippen LogP contribution in [-0.2, 0) is 13.6 Å². The molecular formula is C41H83O3P. The molecule has 0 heterocycles. The van der Waals surface area contributed by atoms with E-state index in [1.165, 1.54) is 245 Å². The molecule has 0 aromatic carbocycles. The first-order valence-electron chi connectivity index (χ1n) is 20.7. The van der Waals surface area contributed by atoms with Crippen LogP contribution in [0.3, 0.4) is 0 Å². The Kier molecular flexibility index (Phi) is 41.5. The van der Waals surface area contributed by atoms with Gasteiger partial charge >= 0.3 is 8.25 Å². The summed E-state index contributed by atoms with van der Waals surface area (Å²) in [5.74, 6) is 0. The van der Waals surface area contributed by atoms with Gasteiger partial charge in [0.25, 0.3) is 0 Å². The maximum Gasteiger partial charge on any atom is 0.366 e. The van der Waals surface area contributed by atoms with Crippen LogP contribution >= 0.6 is 8.25 Å². The van der Waals surface area contributed by atoms with Gasteiger partial charge in [-0.15, -0.1) is 0 Å². The number of unbranched alkanes of at least 4 members (excludes halogenated alkanes) is 36. The third-order valence-corrected chi connectivity index (χ3v) is 10.3. The van der Waals surface area contributed by atoms with Gasteiger partial charge in [0, 0.05) is 7.11 Å². The number of hydrogen-bond donors (Lipinski definition) is 0. The normalized spacial score (nSPS) is 12.4. The molecule has 0 radical (unpaired) electrons. The fourth-order valence-electron chi connectivity index (χ4n) is 6.57. The second-order valence-electron chi connectivity index (χ2n) is 14.1. The third-order valence-electron chi connectivity index (χ3n) is 9.65. The van der Waals surface area contributed by atoms with Crippen molar-refractivity contribution in [3.05, 3.63) is 12.3 Å². The molecule has 0 aromatic rings. The van der Waals surface area contributed by atoms with Crippen LogP contribution < -0.4 is 0 Å². The fraction of sp³-hybridized carbons (Fsp3) is 0.951. The molecule has 0 aliphatic rings. The van der Waals surface area contributed by atoms with E-state index in [1.807, 2.05) is 6.08 Å². The van der Waals surface area contributed by atoms with E-state index >= 15 is 0 Å². The molecule has 270 valence electrons. The molecule has 0 aromatic heterocycles. The van der Waals surface area contributed by atoms with E-state index in [4.69, 9.17) is 4.52 Å². The summed E-state index contributed by atoms with van der Waals surface area (Å²) >= 11 is 0. The summed E-state index contributed by atoms with van der Waals surface area (Å²) in [6, 6.07) is 0. The monoisotopic (exact) mass is 655 g/mol. The Balaban J connectivity index is 3.07. The Morgan fingerprint density at radius 3 is 0.822 bits per heavy atom. The van der Waals surface area contributed by atoms with Crippen LogP contribution in [0.4, 0.5) is 0 Å². The summed E-state index contributed by atoms with van der Waals surface area (Å²) in [6.07, 6.45) is 56.5. The smallest absolute Gasteiger partial charge is 0.366 e. The van der Waals surface area contributed by atoms with E-state index in [-0.39, 0.29) is 0 Å². The van der Waals surface area contributed by atoms with E-state index in [2.05, 4.69) is 11.4 Å². The van der Waals surface area contributed by atoms with Gasteiger partial charge in [0.05, 0.1) is 6.26 Å². The van der Waals surface area contributed by atoms with Crippen molar-refractivity contribution >= 4 is 8.25 Å². The van der Waals surface area contributed by atoms with Crippen LogP contribution in [-0.4, -0.2) is 7.11 Å². The molecule has 0 saturated carbocycles. The van der Waals surface area contributed by atoms with E-state index in [9.17, 15) is 4.57 Å². The Morgan fingerprint density at radius 1 is 0.378 bits per heavy atom. The molecule has 0 saturated heterocycles. The Bertz CT molecular complexity index is 579. The van der Waals surface area contributed by atoms with Crippen LogP contribution in [0.15, 0.2) is 12.3 Å². The van der Waals surface area contributed by atoms with Crippen molar-refractivity contribution in [2.75, 3.05) is 7.11 Å². The predicted octanol–water partition coefficient (Wildman–Crippen LogP) is 16.0. The zero-order valence-corrected chi connectivity index (χ0v) is 32.0. The maximum atomic E-state index is 11.0. The average Bonchev–Trinajstić information content (AvgIpc) is 3.05. The van der Waals surface area contributed by atoms with Gasteiger partial charge in [-0.05, 0) is 18.9 Å². The highest BCUT2D eigenvalue weighted by atomic mass is 31.1. The lowest BCUT2D eigenvalue weighted by molar-refractivity contribution is 0.326. The first kappa shape index (κ1) is 44.7. The zero-order chi connectivity index (χ0) is 32.6. The van der Waals surface area contributed by atoms with Gasteiger partial charge in [0.15, 0.2) is 0 Å². The van der Waals surface area contributed by atoms with Crippen molar-refractivity contribution in [1.82, 2.24) is 0 Å². The van der Waals surface area contributed by atoms with Gasteiger partial charge in [0.1, 0.15) is 0 Å². The fourth-order valence-corrected chi connectivity index (χ4v) is 6.87. The first-order chi connectivity index (χ1) is 22.3. The molecule has 1 unspecified atom stereocenters. The Hall–Kier alpha value is -0.270. The standard InChI is InChI=1S/C41H83O3P/c1-3-4-5-6-7-8-9-10-11-12-13-14-15-16-17-18-19-20-21-22-23-24-25-26-27-28-29-30-31-32-33-34-35-36-37-38-39-40-41-44-45(42)43-2/h40-41,45H,3-39H2,1-2H3. The first-order valence-corrected chi connectivity index (χ1v) is 21.9. The molecular weight excluding hydrogens is 571 g/mol. The van der Waals surface area contributed by atoms with Crippen molar-refractivity contribution in [2.45, 2.75) is 244 Å². The minimum atomic E-state index is -2.30. The summed E-state index contributed by atoms with van der Waals surface area (Å²) in [6.45, 7) is 2.31. The van der Waals surface area contributed by atoms with Crippen molar-refractivity contribution in [2.24, 2.45) is 0 Å². The molecule has 0 amide bonds. The molecule has 0 N–H and O–H groups in total. The molecule has 3 nitrogen and oxygen atoms in total. The van der Waals surface area contributed by atoms with Crippen LogP contribution in [0.2, 0.25) is 0 Å². The highest BCUT2D eigenvalue weighted by molar-refractivity contribution is 7.33. The van der Waals surface area contributed by atoms with Crippen LogP contribution in [0.25, 0.3) is 0 Å². The minimum absolute atomic E-state index is 0.999. The number of allylic oxidation sites excluding steroid dienone is 1. The lowest BCUT2D eigenvalue weighted by atomic mass is 10.0. The summed E-state index contributed by atoms with van der Waals surface area (Å²) in [5.41, 5.74) is 0. The van der Waals surface area contributed by atoms with Crippen LogP contribution in [0.1, 0.15) is 244 Å². The predicted molar refractivity (Wildman–Crippen MR) is 203 cm³/mol. The van der Waals surface area contributed by atoms with Gasteiger partial charge in [-0.25, -0.2) is 4.57 Å². The van der Waals surface area contributed by atoms with E-state index < -0.39 is 8.25 Å². The molecule has 0 fully saturated rings. The van der Waals surface area contributed by atoms with Gasteiger partial charge in [-0.2, -0.15) is 0 Å². The van der Waals surface area contributed by atoms with Gasteiger partial charge < -0.3 is 9.05 Å². The number of rotatable bonds is 40. The largest absolute Gasteiger partial charge is 0.435 e. The minimum Gasteiger partial charge on any atom is -0.435 e. The molecule has 0 aliphatic carbocycles. The molecule has 0 bridgehead atoms.